The summed E-state index contributed by atoms with van der Waals surface area (Å²) in [5, 5.41) is 20.0. The molecule has 10 heteroatoms. The molecule has 1 N–H and O–H groups in total. The predicted octanol–water partition coefficient (Wildman–Crippen LogP) is 3.18. The summed E-state index contributed by atoms with van der Waals surface area (Å²) in [6.45, 7) is 1.30. The largest absolute Gasteiger partial charge is 0.381 e. The highest BCUT2D eigenvalue weighted by molar-refractivity contribution is 5.69. The van der Waals surface area contributed by atoms with Crippen LogP contribution in [0.4, 0.5) is 8.78 Å². The summed E-state index contributed by atoms with van der Waals surface area (Å²) in [7, 11) is 0. The highest BCUT2D eigenvalue weighted by atomic mass is 19.1. The molecule has 0 aliphatic rings. The van der Waals surface area contributed by atoms with Gasteiger partial charge in [-0.15, -0.1) is 0 Å². The van der Waals surface area contributed by atoms with Gasteiger partial charge in [-0.05, 0) is 24.6 Å². The number of halogens is 2. The number of benzene rings is 2. The van der Waals surface area contributed by atoms with Crippen LogP contribution in [0.25, 0.3) is 16.6 Å². The van der Waals surface area contributed by atoms with Gasteiger partial charge in [-0.25, -0.2) is 27.9 Å². The SMILES string of the molecule is C[C@@H](n1ncc2cc(-c3ccccc3)cn2c1=O)C(O)(Cn1cncn1)c1ccc(F)cc1F. The number of fused-ring (bicyclic) bond motifs is 1. The van der Waals surface area contributed by atoms with Gasteiger partial charge < -0.3 is 5.11 Å². The molecule has 0 radical (unpaired) electrons. The molecule has 5 aromatic rings. The number of rotatable bonds is 6. The fourth-order valence-electron chi connectivity index (χ4n) is 4.13. The standard InChI is InChI=1S/C24H20F2N6O2/c1-16(24(34,13-30-15-27-14-29-30)21-8-7-19(25)10-22(21)26)32-23(33)31-12-18(9-20(31)11-28-32)17-5-3-2-4-6-17/h2-12,14-16,34H,13H2,1H3/t16-,24?/m1/s1. The Morgan fingerprint density at radius 3 is 2.56 bits per heavy atom. The van der Waals surface area contributed by atoms with E-state index in [4.69, 9.17) is 0 Å². The average Bonchev–Trinajstić information content (AvgIpc) is 3.49. The molecular weight excluding hydrogens is 442 g/mol. The topological polar surface area (TPSA) is 90.2 Å². The van der Waals surface area contributed by atoms with Crippen molar-refractivity contribution in [2.24, 2.45) is 0 Å². The van der Waals surface area contributed by atoms with E-state index >= 15 is 0 Å². The summed E-state index contributed by atoms with van der Waals surface area (Å²) in [6, 6.07) is 13.2. The first kappa shape index (κ1) is 21.7. The molecule has 0 spiro atoms. The maximum atomic E-state index is 14.8. The lowest BCUT2D eigenvalue weighted by Gasteiger charge is -2.34. The van der Waals surface area contributed by atoms with Gasteiger partial charge in [0, 0.05) is 23.4 Å². The van der Waals surface area contributed by atoms with Crippen molar-refractivity contribution in [3.05, 3.63) is 107 Å². The van der Waals surface area contributed by atoms with Crippen molar-refractivity contribution in [1.29, 1.82) is 0 Å². The summed E-state index contributed by atoms with van der Waals surface area (Å²) in [5.74, 6) is -1.73. The van der Waals surface area contributed by atoms with Crippen LogP contribution in [0, 0.1) is 11.6 Å². The van der Waals surface area contributed by atoms with E-state index in [0.29, 0.717) is 11.6 Å². The molecule has 0 aliphatic carbocycles. The van der Waals surface area contributed by atoms with E-state index in [9.17, 15) is 18.7 Å². The zero-order chi connectivity index (χ0) is 23.9. The van der Waals surface area contributed by atoms with E-state index in [-0.39, 0.29) is 12.1 Å². The smallest absolute Gasteiger partial charge is 0.349 e. The molecule has 1 unspecified atom stereocenters. The summed E-state index contributed by atoms with van der Waals surface area (Å²) >= 11 is 0. The fourth-order valence-corrected chi connectivity index (χ4v) is 4.13. The minimum absolute atomic E-state index is 0.192. The molecule has 8 nitrogen and oxygen atoms in total. The van der Waals surface area contributed by atoms with Gasteiger partial charge in [-0.2, -0.15) is 10.2 Å². The molecule has 3 aromatic heterocycles. The third-order valence-electron chi connectivity index (χ3n) is 6.00. The quantitative estimate of drug-likeness (QED) is 0.419. The first-order valence-electron chi connectivity index (χ1n) is 10.5. The van der Waals surface area contributed by atoms with Crippen LogP contribution in [0.1, 0.15) is 18.5 Å². The van der Waals surface area contributed by atoms with Gasteiger partial charge >= 0.3 is 5.69 Å². The molecule has 0 aliphatic heterocycles. The third kappa shape index (κ3) is 3.67. The number of hydrogen-bond donors (Lipinski definition) is 1. The average molecular weight is 462 g/mol. The normalized spacial score (nSPS) is 14.2. The Balaban J connectivity index is 1.63. The molecule has 2 aromatic carbocycles. The van der Waals surface area contributed by atoms with Crippen molar-refractivity contribution in [3.63, 3.8) is 0 Å². The van der Waals surface area contributed by atoms with Crippen LogP contribution in [0.3, 0.4) is 0 Å². The van der Waals surface area contributed by atoms with Gasteiger partial charge in [-0.3, -0.25) is 4.40 Å². The lowest BCUT2D eigenvalue weighted by molar-refractivity contribution is -0.0390. The Hall–Kier alpha value is -4.18. The van der Waals surface area contributed by atoms with Crippen LogP contribution in [0.5, 0.6) is 0 Å². The predicted molar refractivity (Wildman–Crippen MR) is 120 cm³/mol. The van der Waals surface area contributed by atoms with Crippen molar-refractivity contribution in [3.8, 4) is 11.1 Å². The number of hydrogen-bond acceptors (Lipinski definition) is 5. The highest BCUT2D eigenvalue weighted by Crippen LogP contribution is 2.36. The van der Waals surface area contributed by atoms with Gasteiger partial charge in [0.1, 0.15) is 29.9 Å². The van der Waals surface area contributed by atoms with Gasteiger partial charge in [0.25, 0.3) is 0 Å². The highest BCUT2D eigenvalue weighted by Gasteiger charge is 2.41. The number of aliphatic hydroxyl groups is 1. The maximum absolute atomic E-state index is 14.8. The minimum Gasteiger partial charge on any atom is -0.381 e. The molecule has 3 heterocycles. The van der Waals surface area contributed by atoms with Crippen molar-refractivity contribution in [2.75, 3.05) is 0 Å². The Morgan fingerprint density at radius 1 is 1.06 bits per heavy atom. The van der Waals surface area contributed by atoms with Crippen molar-refractivity contribution >= 4 is 5.52 Å². The molecular formula is C24H20F2N6O2. The van der Waals surface area contributed by atoms with Crippen LogP contribution < -0.4 is 5.69 Å². The summed E-state index contributed by atoms with van der Waals surface area (Å²) in [4.78, 5) is 17.3. The Bertz CT molecular complexity index is 1510. The van der Waals surface area contributed by atoms with Crippen molar-refractivity contribution < 1.29 is 13.9 Å². The summed E-state index contributed by atoms with van der Waals surface area (Å²) in [6.07, 6.45) is 5.82. The second kappa shape index (κ2) is 8.31. The Kier molecular flexibility index (Phi) is 5.29. The molecule has 172 valence electrons. The zero-order valence-corrected chi connectivity index (χ0v) is 18.1. The zero-order valence-electron chi connectivity index (χ0n) is 18.1. The summed E-state index contributed by atoms with van der Waals surface area (Å²) < 4.78 is 32.3. The van der Waals surface area contributed by atoms with Gasteiger partial charge in [0.15, 0.2) is 0 Å². The molecule has 0 saturated heterocycles. The van der Waals surface area contributed by atoms with E-state index in [1.807, 2.05) is 36.4 Å². The molecule has 0 bridgehead atoms. The molecule has 0 amide bonds. The lowest BCUT2D eigenvalue weighted by Crippen LogP contribution is -2.45. The van der Waals surface area contributed by atoms with Crippen LogP contribution in [0.2, 0.25) is 0 Å². The van der Waals surface area contributed by atoms with Crippen LogP contribution in [-0.2, 0) is 12.1 Å². The molecule has 0 saturated carbocycles. The van der Waals surface area contributed by atoms with Crippen LogP contribution >= 0.6 is 0 Å². The van der Waals surface area contributed by atoms with E-state index in [2.05, 4.69) is 15.2 Å². The molecule has 34 heavy (non-hydrogen) atoms. The molecule has 2 atom stereocenters. The Labute approximate surface area is 192 Å². The second-order valence-electron chi connectivity index (χ2n) is 8.08. The minimum atomic E-state index is -2.01. The third-order valence-corrected chi connectivity index (χ3v) is 6.00. The molecule has 5 rings (SSSR count). The van der Waals surface area contributed by atoms with E-state index in [1.54, 1.807) is 13.1 Å². The number of nitrogens with zero attached hydrogens (tertiary/aromatic N) is 6. The second-order valence-corrected chi connectivity index (χ2v) is 8.08. The summed E-state index contributed by atoms with van der Waals surface area (Å²) in [5.41, 5.74) is -0.394. The first-order chi connectivity index (χ1) is 16.4. The van der Waals surface area contributed by atoms with Crippen LogP contribution in [0.15, 0.2) is 84.4 Å². The van der Waals surface area contributed by atoms with Crippen LogP contribution in [-0.4, -0.2) is 34.1 Å². The van der Waals surface area contributed by atoms with E-state index in [1.165, 1.54) is 27.9 Å². The fraction of sp³-hybridized carbons (Fsp3) is 0.167. The van der Waals surface area contributed by atoms with E-state index < -0.39 is 29.0 Å². The first-order valence-corrected chi connectivity index (χ1v) is 10.5. The monoisotopic (exact) mass is 462 g/mol. The van der Waals surface area contributed by atoms with Crippen molar-refractivity contribution in [2.45, 2.75) is 25.1 Å². The van der Waals surface area contributed by atoms with Gasteiger partial charge in [0.2, 0.25) is 0 Å². The Morgan fingerprint density at radius 2 is 1.85 bits per heavy atom. The van der Waals surface area contributed by atoms with Gasteiger partial charge in [0.05, 0.1) is 24.3 Å². The van der Waals surface area contributed by atoms with Crippen molar-refractivity contribution in [1.82, 2.24) is 28.9 Å². The van der Waals surface area contributed by atoms with Gasteiger partial charge in [-0.1, -0.05) is 36.4 Å². The molecule has 0 fully saturated rings. The lowest BCUT2D eigenvalue weighted by atomic mass is 9.86. The maximum Gasteiger partial charge on any atom is 0.349 e. The number of aromatic nitrogens is 6. The van der Waals surface area contributed by atoms with E-state index in [0.717, 1.165) is 27.9 Å².